The number of nitrogens with zero attached hydrogens (tertiary/aromatic N) is 3. The molecule has 240 valence electrons. The van der Waals surface area contributed by atoms with E-state index >= 15 is 0 Å². The largest absolute Gasteiger partial charge is 0.436 e. The van der Waals surface area contributed by atoms with E-state index in [-0.39, 0.29) is 0 Å². The van der Waals surface area contributed by atoms with Crippen molar-refractivity contribution in [1.82, 2.24) is 9.55 Å². The van der Waals surface area contributed by atoms with Gasteiger partial charge in [-0.3, -0.25) is 0 Å². The fraction of sp³-hybridized carbons (Fsp3) is 0. The molecule has 8 aromatic carbocycles. The van der Waals surface area contributed by atoms with Crippen molar-refractivity contribution in [2.24, 2.45) is 0 Å². The van der Waals surface area contributed by atoms with Crippen LogP contribution >= 0.6 is 0 Å². The number of para-hydroxylation sites is 2. The first-order valence-electron chi connectivity index (χ1n) is 17.2. The van der Waals surface area contributed by atoms with Crippen molar-refractivity contribution in [3.05, 3.63) is 188 Å². The molecule has 10 aromatic rings. The van der Waals surface area contributed by atoms with Gasteiger partial charge in [0.1, 0.15) is 5.52 Å². The van der Waals surface area contributed by atoms with Crippen molar-refractivity contribution in [2.75, 3.05) is 4.90 Å². The van der Waals surface area contributed by atoms with Gasteiger partial charge in [-0.25, -0.2) is 4.98 Å². The van der Waals surface area contributed by atoms with Gasteiger partial charge in [0.25, 0.3) is 0 Å². The number of hydrogen-bond donors (Lipinski definition) is 0. The summed E-state index contributed by atoms with van der Waals surface area (Å²) in [6, 6.07) is 66.2. The molecule has 0 saturated heterocycles. The molecule has 0 spiro atoms. The number of benzene rings is 8. The van der Waals surface area contributed by atoms with Crippen LogP contribution in [-0.4, -0.2) is 9.55 Å². The Hall–Kier alpha value is -6.91. The van der Waals surface area contributed by atoms with Crippen molar-refractivity contribution >= 4 is 60.7 Å². The normalized spacial score (nSPS) is 11.5. The van der Waals surface area contributed by atoms with Gasteiger partial charge in [-0.2, -0.15) is 0 Å². The Labute approximate surface area is 295 Å². The topological polar surface area (TPSA) is 34.2 Å². The van der Waals surface area contributed by atoms with E-state index < -0.39 is 0 Å². The summed E-state index contributed by atoms with van der Waals surface area (Å²) in [5.41, 5.74) is 11.5. The summed E-state index contributed by atoms with van der Waals surface area (Å²) in [4.78, 5) is 7.49. The molecule has 2 heterocycles. The summed E-state index contributed by atoms with van der Waals surface area (Å²) in [5, 5.41) is 4.54. The van der Waals surface area contributed by atoms with Crippen molar-refractivity contribution < 1.29 is 4.42 Å². The Balaban J connectivity index is 1.23. The number of aromatic nitrogens is 2. The minimum Gasteiger partial charge on any atom is -0.436 e. The highest BCUT2D eigenvalue weighted by molar-refractivity contribution is 6.14. The minimum absolute atomic E-state index is 0.613. The van der Waals surface area contributed by atoms with Gasteiger partial charge < -0.3 is 13.9 Å². The number of hydrogen-bond acceptors (Lipinski definition) is 3. The molecular weight excluding hydrogens is 623 g/mol. The lowest BCUT2D eigenvalue weighted by Crippen LogP contribution is -2.10. The lowest BCUT2D eigenvalue weighted by atomic mass is 10.0. The summed E-state index contributed by atoms with van der Waals surface area (Å²) < 4.78 is 8.75. The Bertz CT molecular complexity index is 2840. The Morgan fingerprint density at radius 2 is 1.12 bits per heavy atom. The molecule has 0 aliphatic carbocycles. The van der Waals surface area contributed by atoms with Crippen molar-refractivity contribution in [2.45, 2.75) is 0 Å². The standard InChI is InChI=1S/C47H31N3O/c1-4-13-32(14-5-1)33-23-26-37(27-24-33)49(38-28-29-42-40(31-38)39-20-10-11-21-41(39)50(42)36-18-8-3-9-19-36)43-22-12-17-34-25-30-44-46(45(34)43)48-47(51-44)35-15-6-2-7-16-35/h1-31H. The van der Waals surface area contributed by atoms with Gasteiger partial charge in [-0.05, 0) is 89.3 Å². The summed E-state index contributed by atoms with van der Waals surface area (Å²) in [5.74, 6) is 0.613. The lowest BCUT2D eigenvalue weighted by Gasteiger charge is -2.27. The minimum atomic E-state index is 0.613. The predicted octanol–water partition coefficient (Wildman–Crippen LogP) is 12.9. The maximum absolute atomic E-state index is 6.39. The summed E-state index contributed by atoms with van der Waals surface area (Å²) in [6.45, 7) is 0. The van der Waals surface area contributed by atoms with E-state index in [1.165, 1.54) is 27.4 Å². The van der Waals surface area contributed by atoms with Gasteiger partial charge in [-0.1, -0.05) is 115 Å². The average Bonchev–Trinajstić information content (AvgIpc) is 3.79. The maximum Gasteiger partial charge on any atom is 0.227 e. The molecule has 0 bridgehead atoms. The second-order valence-electron chi connectivity index (χ2n) is 12.8. The van der Waals surface area contributed by atoms with E-state index in [1.54, 1.807) is 0 Å². The number of fused-ring (bicyclic) bond motifs is 6. The van der Waals surface area contributed by atoms with Gasteiger partial charge in [0, 0.05) is 38.8 Å². The first-order chi connectivity index (χ1) is 25.3. The molecule has 10 rings (SSSR count). The average molecular weight is 654 g/mol. The molecule has 0 aliphatic rings. The maximum atomic E-state index is 6.39. The van der Waals surface area contributed by atoms with E-state index in [0.717, 1.165) is 55.7 Å². The molecule has 0 saturated carbocycles. The van der Waals surface area contributed by atoms with E-state index in [4.69, 9.17) is 9.40 Å². The molecular formula is C47H31N3O. The summed E-state index contributed by atoms with van der Waals surface area (Å²) in [6.07, 6.45) is 0. The molecule has 0 aliphatic heterocycles. The third-order valence-corrected chi connectivity index (χ3v) is 9.80. The summed E-state index contributed by atoms with van der Waals surface area (Å²) >= 11 is 0. The summed E-state index contributed by atoms with van der Waals surface area (Å²) in [7, 11) is 0. The van der Waals surface area contributed by atoms with Crippen LogP contribution in [0.1, 0.15) is 0 Å². The highest BCUT2D eigenvalue weighted by Gasteiger charge is 2.21. The van der Waals surface area contributed by atoms with Gasteiger partial charge in [-0.15, -0.1) is 0 Å². The Morgan fingerprint density at radius 1 is 0.471 bits per heavy atom. The molecule has 2 aromatic heterocycles. The highest BCUT2D eigenvalue weighted by atomic mass is 16.3. The van der Waals surface area contributed by atoms with Crippen LogP contribution in [0.3, 0.4) is 0 Å². The van der Waals surface area contributed by atoms with Crippen LogP contribution in [0.25, 0.3) is 71.9 Å². The number of rotatable bonds is 6. The third kappa shape index (κ3) is 4.88. The van der Waals surface area contributed by atoms with Gasteiger partial charge >= 0.3 is 0 Å². The van der Waals surface area contributed by atoms with Crippen LogP contribution in [0.2, 0.25) is 0 Å². The predicted molar refractivity (Wildman–Crippen MR) is 211 cm³/mol. The van der Waals surface area contributed by atoms with Crippen LogP contribution in [-0.2, 0) is 0 Å². The molecule has 51 heavy (non-hydrogen) atoms. The second kappa shape index (κ2) is 11.9. The van der Waals surface area contributed by atoms with Crippen molar-refractivity contribution in [3.63, 3.8) is 0 Å². The molecule has 0 N–H and O–H groups in total. The fourth-order valence-electron chi connectivity index (χ4n) is 7.45. The van der Waals surface area contributed by atoms with E-state index in [0.29, 0.717) is 5.89 Å². The Morgan fingerprint density at radius 3 is 1.90 bits per heavy atom. The van der Waals surface area contributed by atoms with E-state index in [9.17, 15) is 0 Å². The van der Waals surface area contributed by atoms with Crippen LogP contribution in [0.4, 0.5) is 17.1 Å². The van der Waals surface area contributed by atoms with Gasteiger partial charge in [0.15, 0.2) is 5.58 Å². The molecule has 0 atom stereocenters. The zero-order chi connectivity index (χ0) is 33.7. The van der Waals surface area contributed by atoms with Crippen LogP contribution in [0.15, 0.2) is 192 Å². The smallest absolute Gasteiger partial charge is 0.227 e. The Kier molecular flexibility index (Phi) is 6.78. The first-order valence-corrected chi connectivity index (χ1v) is 17.2. The van der Waals surface area contributed by atoms with Crippen molar-refractivity contribution in [3.8, 4) is 28.3 Å². The van der Waals surface area contributed by atoms with Crippen LogP contribution < -0.4 is 4.90 Å². The quantitative estimate of drug-likeness (QED) is 0.179. The van der Waals surface area contributed by atoms with Gasteiger partial charge in [0.05, 0.1) is 16.7 Å². The monoisotopic (exact) mass is 653 g/mol. The van der Waals surface area contributed by atoms with Crippen molar-refractivity contribution in [1.29, 1.82) is 0 Å². The zero-order valence-corrected chi connectivity index (χ0v) is 27.6. The highest BCUT2D eigenvalue weighted by Crippen LogP contribution is 2.44. The van der Waals surface area contributed by atoms with E-state index in [1.807, 2.05) is 36.4 Å². The number of oxazole rings is 1. The molecule has 4 nitrogen and oxygen atoms in total. The van der Waals surface area contributed by atoms with E-state index in [2.05, 4.69) is 161 Å². The van der Waals surface area contributed by atoms with Crippen LogP contribution in [0, 0.1) is 0 Å². The zero-order valence-electron chi connectivity index (χ0n) is 27.6. The second-order valence-corrected chi connectivity index (χ2v) is 12.8. The molecule has 0 unspecified atom stereocenters. The number of anilines is 3. The molecule has 0 radical (unpaired) electrons. The first kappa shape index (κ1) is 29.0. The molecule has 0 amide bonds. The van der Waals surface area contributed by atoms with Gasteiger partial charge in [0.2, 0.25) is 5.89 Å². The third-order valence-electron chi connectivity index (χ3n) is 9.80. The fourth-order valence-corrected chi connectivity index (χ4v) is 7.45. The lowest BCUT2D eigenvalue weighted by molar-refractivity contribution is 0.620. The molecule has 4 heteroatoms. The molecule has 0 fully saturated rings. The SMILES string of the molecule is c1ccc(-c2ccc(N(c3ccc4c(c3)c3ccccc3n4-c3ccccc3)c3cccc4ccc5oc(-c6ccccc6)nc5c34)cc2)cc1. The van der Waals surface area contributed by atoms with Crippen LogP contribution in [0.5, 0.6) is 0 Å².